The number of nitrogens with one attached hydrogen (secondary N) is 1. The Labute approximate surface area is 200 Å². The van der Waals surface area contributed by atoms with Gasteiger partial charge in [-0.05, 0) is 54.6 Å². The first-order valence-corrected chi connectivity index (χ1v) is 11.5. The third kappa shape index (κ3) is 6.38. The lowest BCUT2D eigenvalue weighted by Crippen LogP contribution is -2.45. The number of nitrogens with zero attached hydrogens (tertiary/aromatic N) is 3. The number of hydrazine groups is 1. The van der Waals surface area contributed by atoms with E-state index in [-0.39, 0.29) is 11.6 Å². The van der Waals surface area contributed by atoms with Crippen LogP contribution in [0.3, 0.4) is 0 Å². The Hall–Kier alpha value is -2.80. The van der Waals surface area contributed by atoms with Crippen LogP contribution < -0.4 is 10.2 Å². The molecule has 174 valence electrons. The summed E-state index contributed by atoms with van der Waals surface area (Å²) in [5.74, 6) is -0.131. The van der Waals surface area contributed by atoms with Crippen LogP contribution in [-0.4, -0.2) is 68.2 Å². The van der Waals surface area contributed by atoms with Crippen LogP contribution in [0.4, 0.5) is 4.39 Å². The first kappa shape index (κ1) is 23.4. The van der Waals surface area contributed by atoms with E-state index < -0.39 is 0 Å². The zero-order valence-corrected chi connectivity index (χ0v) is 19.9. The van der Waals surface area contributed by atoms with Crippen LogP contribution in [-0.2, 0) is 0 Å². The molecule has 0 saturated carbocycles. The van der Waals surface area contributed by atoms with E-state index in [1.807, 2.05) is 35.3 Å². The Kier molecular flexibility index (Phi) is 7.70. The first-order chi connectivity index (χ1) is 16.0. The van der Waals surface area contributed by atoms with Crippen molar-refractivity contribution in [3.63, 3.8) is 0 Å². The van der Waals surface area contributed by atoms with Gasteiger partial charge in [0, 0.05) is 49.5 Å². The summed E-state index contributed by atoms with van der Waals surface area (Å²) in [6.07, 6.45) is 8.40. The monoisotopic (exact) mass is 468 g/mol. The van der Waals surface area contributed by atoms with Crippen LogP contribution >= 0.6 is 11.6 Å². The van der Waals surface area contributed by atoms with Gasteiger partial charge in [-0.15, -0.1) is 0 Å². The standard InChI is InChI=1S/C26H30ClFN4O/c1-30-12-14-31(15-13-30)18-21-16-25(22-7-10-26(33-2)24(28)17-22)29-32(19-21)11-3-4-20-5-8-23(27)9-6-20/h3-10,16-17,19,29H,11-15,18H2,1-2H3. The molecule has 0 unspecified atom stereocenters. The van der Waals surface area contributed by atoms with Crippen molar-refractivity contribution in [1.82, 2.24) is 20.2 Å². The molecule has 0 bridgehead atoms. The van der Waals surface area contributed by atoms with Gasteiger partial charge in [-0.2, -0.15) is 0 Å². The zero-order valence-electron chi connectivity index (χ0n) is 19.1. The van der Waals surface area contributed by atoms with Gasteiger partial charge in [-0.3, -0.25) is 15.3 Å². The molecule has 1 fully saturated rings. The van der Waals surface area contributed by atoms with Crippen LogP contribution in [0.5, 0.6) is 5.75 Å². The molecule has 2 aliphatic rings. The summed E-state index contributed by atoms with van der Waals surface area (Å²) in [5.41, 5.74) is 7.33. The van der Waals surface area contributed by atoms with E-state index in [0.29, 0.717) is 6.54 Å². The molecule has 33 heavy (non-hydrogen) atoms. The Morgan fingerprint density at radius 3 is 2.55 bits per heavy atom. The van der Waals surface area contributed by atoms with Crippen LogP contribution in [0.1, 0.15) is 11.1 Å². The predicted molar refractivity (Wildman–Crippen MR) is 133 cm³/mol. The average molecular weight is 469 g/mol. The molecule has 2 heterocycles. The summed E-state index contributed by atoms with van der Waals surface area (Å²) in [4.78, 5) is 4.81. The minimum atomic E-state index is -0.373. The number of methoxy groups -OCH3 is 1. The van der Waals surface area contributed by atoms with Crippen LogP contribution in [0.15, 0.2) is 66.4 Å². The topological polar surface area (TPSA) is 31.0 Å². The number of likely N-dealkylation sites (N-methyl/N-ethyl adjacent to an activating group) is 1. The molecule has 0 spiro atoms. The summed E-state index contributed by atoms with van der Waals surface area (Å²) in [5, 5.41) is 2.76. The maximum absolute atomic E-state index is 14.4. The second-order valence-electron chi connectivity index (χ2n) is 8.41. The number of hydrogen-bond acceptors (Lipinski definition) is 5. The Morgan fingerprint density at radius 1 is 1.09 bits per heavy atom. The number of ether oxygens (including phenoxy) is 1. The number of benzene rings is 2. The van der Waals surface area contributed by atoms with E-state index in [9.17, 15) is 4.39 Å². The van der Waals surface area contributed by atoms with Crippen molar-refractivity contribution in [2.24, 2.45) is 0 Å². The number of halogens is 2. The van der Waals surface area contributed by atoms with Crippen molar-refractivity contribution in [3.8, 4) is 5.75 Å². The molecule has 0 atom stereocenters. The second-order valence-corrected chi connectivity index (χ2v) is 8.85. The lowest BCUT2D eigenvalue weighted by Gasteiger charge is -2.34. The summed E-state index contributed by atoms with van der Waals surface area (Å²) < 4.78 is 19.5. The molecule has 1 N–H and O–H groups in total. The smallest absolute Gasteiger partial charge is 0.165 e. The van der Waals surface area contributed by atoms with Crippen LogP contribution in [0.25, 0.3) is 11.8 Å². The minimum absolute atomic E-state index is 0.242. The Bertz CT molecular complexity index is 1040. The molecule has 0 radical (unpaired) electrons. The predicted octanol–water partition coefficient (Wildman–Crippen LogP) is 4.49. The highest BCUT2D eigenvalue weighted by Crippen LogP contribution is 2.25. The van der Waals surface area contributed by atoms with Gasteiger partial charge in [0.05, 0.1) is 19.4 Å². The quantitative estimate of drug-likeness (QED) is 0.647. The second kappa shape index (κ2) is 10.9. The molecular formula is C26H30ClFN4O. The van der Waals surface area contributed by atoms with E-state index in [4.69, 9.17) is 16.3 Å². The molecule has 2 aromatic carbocycles. The van der Waals surface area contributed by atoms with Crippen LogP contribution in [0, 0.1) is 5.82 Å². The van der Waals surface area contributed by atoms with E-state index in [2.05, 4.69) is 46.7 Å². The first-order valence-electron chi connectivity index (χ1n) is 11.1. The van der Waals surface area contributed by atoms with Crippen molar-refractivity contribution in [3.05, 3.63) is 88.4 Å². The molecule has 4 rings (SSSR count). The van der Waals surface area contributed by atoms with Crippen molar-refractivity contribution in [2.45, 2.75) is 0 Å². The average Bonchev–Trinajstić information content (AvgIpc) is 2.82. The van der Waals surface area contributed by atoms with Gasteiger partial charge in [0.25, 0.3) is 0 Å². The third-order valence-electron chi connectivity index (χ3n) is 5.86. The van der Waals surface area contributed by atoms with Crippen molar-refractivity contribution >= 4 is 23.4 Å². The minimum Gasteiger partial charge on any atom is -0.494 e. The van der Waals surface area contributed by atoms with E-state index in [0.717, 1.165) is 54.6 Å². The number of hydrogen-bond donors (Lipinski definition) is 1. The zero-order chi connectivity index (χ0) is 23.2. The highest BCUT2D eigenvalue weighted by Gasteiger charge is 2.18. The maximum Gasteiger partial charge on any atom is 0.165 e. The van der Waals surface area contributed by atoms with E-state index >= 15 is 0 Å². The fourth-order valence-electron chi connectivity index (χ4n) is 3.95. The fourth-order valence-corrected chi connectivity index (χ4v) is 4.08. The third-order valence-corrected chi connectivity index (χ3v) is 6.11. The molecular weight excluding hydrogens is 439 g/mol. The molecule has 0 amide bonds. The van der Waals surface area contributed by atoms with Crippen molar-refractivity contribution in [1.29, 1.82) is 0 Å². The fraction of sp³-hybridized carbons (Fsp3) is 0.308. The van der Waals surface area contributed by atoms with Gasteiger partial charge in [0.2, 0.25) is 0 Å². The molecule has 5 nitrogen and oxygen atoms in total. The van der Waals surface area contributed by atoms with E-state index in [1.165, 1.54) is 18.7 Å². The molecule has 7 heteroatoms. The van der Waals surface area contributed by atoms with Gasteiger partial charge >= 0.3 is 0 Å². The van der Waals surface area contributed by atoms with Crippen molar-refractivity contribution in [2.75, 3.05) is 53.4 Å². The summed E-state index contributed by atoms with van der Waals surface area (Å²) >= 11 is 5.98. The molecule has 2 aliphatic heterocycles. The Morgan fingerprint density at radius 2 is 1.85 bits per heavy atom. The highest BCUT2D eigenvalue weighted by molar-refractivity contribution is 6.30. The SMILES string of the molecule is COc1ccc(C2=CC(CN3CCN(C)CC3)=CN(CC=Cc3ccc(Cl)cc3)N2)cc1F. The highest BCUT2D eigenvalue weighted by atomic mass is 35.5. The van der Waals surface area contributed by atoms with Gasteiger partial charge in [0.15, 0.2) is 11.6 Å². The largest absolute Gasteiger partial charge is 0.494 e. The van der Waals surface area contributed by atoms with Crippen LogP contribution in [0.2, 0.25) is 5.02 Å². The number of rotatable bonds is 7. The maximum atomic E-state index is 14.4. The van der Waals surface area contributed by atoms with Crippen molar-refractivity contribution < 1.29 is 9.13 Å². The normalized spacial score (nSPS) is 17.6. The lowest BCUT2D eigenvalue weighted by atomic mass is 10.1. The van der Waals surface area contributed by atoms with Gasteiger partial charge in [0.1, 0.15) is 0 Å². The molecule has 0 aromatic heterocycles. The van der Waals surface area contributed by atoms with Gasteiger partial charge in [-0.25, -0.2) is 4.39 Å². The van der Waals surface area contributed by atoms with Gasteiger partial charge in [-0.1, -0.05) is 35.9 Å². The summed E-state index contributed by atoms with van der Waals surface area (Å²) in [6.45, 7) is 5.73. The lowest BCUT2D eigenvalue weighted by molar-refractivity contribution is 0.163. The molecule has 1 saturated heterocycles. The van der Waals surface area contributed by atoms with Gasteiger partial charge < -0.3 is 9.64 Å². The molecule has 2 aromatic rings. The number of piperazine rings is 1. The van der Waals surface area contributed by atoms with E-state index in [1.54, 1.807) is 6.07 Å². The molecule has 0 aliphatic carbocycles. The summed E-state index contributed by atoms with van der Waals surface area (Å²) in [7, 11) is 3.63. The Balaban J connectivity index is 1.51. The summed E-state index contributed by atoms with van der Waals surface area (Å²) in [6, 6.07) is 12.8.